The molecule has 3 heterocycles. The van der Waals surface area contributed by atoms with Crippen molar-refractivity contribution in [1.82, 2.24) is 14.3 Å². The van der Waals surface area contributed by atoms with Gasteiger partial charge in [-0.15, -0.1) is 0 Å². The van der Waals surface area contributed by atoms with Gasteiger partial charge in [-0.1, -0.05) is 25.1 Å². The summed E-state index contributed by atoms with van der Waals surface area (Å²) in [6.45, 7) is 3.50. The Bertz CT molecular complexity index is 928. The van der Waals surface area contributed by atoms with E-state index in [0.29, 0.717) is 49.7 Å². The molecule has 8 heteroatoms. The van der Waals surface area contributed by atoms with Crippen LogP contribution < -0.4 is 4.74 Å². The summed E-state index contributed by atoms with van der Waals surface area (Å²) in [5.41, 5.74) is 0.528. The predicted molar refractivity (Wildman–Crippen MR) is 108 cm³/mol. The summed E-state index contributed by atoms with van der Waals surface area (Å²) in [5.74, 6) is 0.519. The smallest absolute Gasteiger partial charge is 0.243 e. The molecule has 0 radical (unpaired) electrons. The van der Waals surface area contributed by atoms with Gasteiger partial charge in [-0.25, -0.2) is 13.4 Å². The lowest BCUT2D eigenvalue weighted by Gasteiger charge is -2.45. The highest BCUT2D eigenvalue weighted by molar-refractivity contribution is 7.89. The molecular formula is C21H27N3O4S. The maximum atomic E-state index is 13.2. The molecule has 0 N–H and O–H groups in total. The van der Waals surface area contributed by atoms with Crippen LogP contribution in [0.15, 0.2) is 47.8 Å². The summed E-state index contributed by atoms with van der Waals surface area (Å²) in [6, 6.07) is 7.27. The second-order valence-corrected chi connectivity index (χ2v) is 9.58. The summed E-state index contributed by atoms with van der Waals surface area (Å²) in [4.78, 5) is 8.65. The molecule has 2 aliphatic rings. The zero-order chi connectivity index (χ0) is 20.3. The molecule has 2 fully saturated rings. The minimum atomic E-state index is -3.49. The standard InChI is InChI=1S/C21H27N3O4S/c1-2-17-5-3-4-6-19(17)29(25,26)24-12-8-21(9-13-24)15-18(7-14-27-21)28-20-16-22-10-11-23-20/h3-6,10-11,16,18H,2,7-9,12-15H2,1H3. The molecule has 29 heavy (non-hydrogen) atoms. The Hall–Kier alpha value is -2.03. The second-order valence-electron chi connectivity index (χ2n) is 7.67. The summed E-state index contributed by atoms with van der Waals surface area (Å²) in [7, 11) is -3.49. The third kappa shape index (κ3) is 4.29. The van der Waals surface area contributed by atoms with E-state index in [1.54, 1.807) is 35.0 Å². The molecule has 2 aromatic rings. The fourth-order valence-corrected chi connectivity index (χ4v) is 6.01. The summed E-state index contributed by atoms with van der Waals surface area (Å²) in [6.07, 6.45) is 8.41. The van der Waals surface area contributed by atoms with Crippen LogP contribution in [0, 0.1) is 0 Å². The Kier molecular flexibility index (Phi) is 5.85. The van der Waals surface area contributed by atoms with E-state index in [-0.39, 0.29) is 11.7 Å². The van der Waals surface area contributed by atoms with Crippen LogP contribution in [0.2, 0.25) is 0 Å². The third-order valence-corrected chi connectivity index (χ3v) is 7.88. The molecule has 1 aromatic heterocycles. The van der Waals surface area contributed by atoms with Gasteiger partial charge in [-0.2, -0.15) is 4.31 Å². The van der Waals surface area contributed by atoms with E-state index in [9.17, 15) is 8.42 Å². The van der Waals surface area contributed by atoms with Gasteiger partial charge in [0, 0.05) is 38.3 Å². The molecule has 4 rings (SSSR count). The minimum absolute atomic E-state index is 0.00410. The van der Waals surface area contributed by atoms with Crippen molar-refractivity contribution >= 4 is 10.0 Å². The van der Waals surface area contributed by atoms with Crippen molar-refractivity contribution in [3.05, 3.63) is 48.4 Å². The lowest BCUT2D eigenvalue weighted by molar-refractivity contribution is -0.133. The van der Waals surface area contributed by atoms with Crippen LogP contribution in [0.3, 0.4) is 0 Å². The van der Waals surface area contributed by atoms with E-state index in [2.05, 4.69) is 9.97 Å². The fourth-order valence-electron chi connectivity index (χ4n) is 4.27. The molecule has 1 unspecified atom stereocenters. The number of aryl methyl sites for hydroxylation is 1. The molecule has 1 spiro atoms. The Morgan fingerprint density at radius 3 is 2.76 bits per heavy atom. The largest absolute Gasteiger partial charge is 0.473 e. The molecule has 2 aliphatic heterocycles. The van der Waals surface area contributed by atoms with E-state index in [1.165, 1.54) is 0 Å². The first-order chi connectivity index (χ1) is 14.0. The molecule has 1 aromatic carbocycles. The molecule has 1 atom stereocenters. The van der Waals surface area contributed by atoms with Crippen LogP contribution >= 0.6 is 0 Å². The Labute approximate surface area is 172 Å². The lowest BCUT2D eigenvalue weighted by Crippen LogP contribution is -2.52. The van der Waals surface area contributed by atoms with Crippen LogP contribution in [-0.2, 0) is 21.2 Å². The van der Waals surface area contributed by atoms with Gasteiger partial charge >= 0.3 is 0 Å². The Balaban J connectivity index is 1.43. The van der Waals surface area contributed by atoms with Gasteiger partial charge in [0.05, 0.1) is 23.3 Å². The summed E-state index contributed by atoms with van der Waals surface area (Å²) >= 11 is 0. The Morgan fingerprint density at radius 2 is 2.03 bits per heavy atom. The lowest BCUT2D eigenvalue weighted by atomic mass is 9.84. The number of piperidine rings is 1. The van der Waals surface area contributed by atoms with Crippen molar-refractivity contribution in [1.29, 1.82) is 0 Å². The first kappa shape index (κ1) is 20.3. The van der Waals surface area contributed by atoms with E-state index in [1.807, 2.05) is 19.1 Å². The van der Waals surface area contributed by atoms with Crippen molar-refractivity contribution < 1.29 is 17.9 Å². The number of rotatable bonds is 5. The van der Waals surface area contributed by atoms with Crippen molar-refractivity contribution in [2.75, 3.05) is 19.7 Å². The van der Waals surface area contributed by atoms with E-state index >= 15 is 0 Å². The van der Waals surface area contributed by atoms with Gasteiger partial charge in [0.15, 0.2) is 0 Å². The van der Waals surface area contributed by atoms with Gasteiger partial charge in [0.1, 0.15) is 6.10 Å². The maximum absolute atomic E-state index is 13.2. The molecule has 156 valence electrons. The third-order valence-electron chi connectivity index (χ3n) is 5.88. The molecule has 0 aliphatic carbocycles. The SMILES string of the molecule is CCc1ccccc1S(=O)(=O)N1CCC2(CC1)CC(Oc1cnccn1)CCO2. The zero-order valence-corrected chi connectivity index (χ0v) is 17.5. The normalized spacial score (nSPS) is 22.4. The van der Waals surface area contributed by atoms with Gasteiger partial charge in [-0.05, 0) is 30.9 Å². The van der Waals surface area contributed by atoms with Crippen LogP contribution in [0.5, 0.6) is 5.88 Å². The molecular weight excluding hydrogens is 390 g/mol. The van der Waals surface area contributed by atoms with E-state index in [4.69, 9.17) is 9.47 Å². The molecule has 7 nitrogen and oxygen atoms in total. The maximum Gasteiger partial charge on any atom is 0.243 e. The number of sulfonamides is 1. The molecule has 0 saturated carbocycles. The number of hydrogen-bond donors (Lipinski definition) is 0. The highest BCUT2D eigenvalue weighted by atomic mass is 32.2. The molecule has 2 saturated heterocycles. The van der Waals surface area contributed by atoms with E-state index < -0.39 is 10.0 Å². The van der Waals surface area contributed by atoms with Crippen LogP contribution in [0.25, 0.3) is 0 Å². The van der Waals surface area contributed by atoms with Gasteiger partial charge in [-0.3, -0.25) is 4.98 Å². The number of nitrogens with zero attached hydrogens (tertiary/aromatic N) is 3. The number of hydrogen-bond acceptors (Lipinski definition) is 6. The molecule has 0 amide bonds. The monoisotopic (exact) mass is 417 g/mol. The second kappa shape index (κ2) is 8.38. The predicted octanol–water partition coefficient (Wildman–Crippen LogP) is 2.82. The number of aromatic nitrogens is 2. The summed E-state index contributed by atoms with van der Waals surface area (Å²) < 4.78 is 40.1. The Morgan fingerprint density at radius 1 is 1.24 bits per heavy atom. The topological polar surface area (TPSA) is 81.6 Å². The van der Waals surface area contributed by atoms with Crippen molar-refractivity contribution in [2.45, 2.75) is 55.6 Å². The average molecular weight is 418 g/mol. The first-order valence-corrected chi connectivity index (χ1v) is 11.6. The average Bonchev–Trinajstić information content (AvgIpc) is 2.75. The van der Waals surface area contributed by atoms with Gasteiger partial charge < -0.3 is 9.47 Å². The fraction of sp³-hybridized carbons (Fsp3) is 0.524. The van der Waals surface area contributed by atoms with Crippen molar-refractivity contribution in [3.8, 4) is 5.88 Å². The van der Waals surface area contributed by atoms with Crippen LogP contribution in [0.4, 0.5) is 0 Å². The van der Waals surface area contributed by atoms with Crippen LogP contribution in [0.1, 0.15) is 38.2 Å². The van der Waals surface area contributed by atoms with Crippen molar-refractivity contribution in [3.63, 3.8) is 0 Å². The first-order valence-electron chi connectivity index (χ1n) is 10.2. The zero-order valence-electron chi connectivity index (χ0n) is 16.7. The van der Waals surface area contributed by atoms with Crippen LogP contribution in [-0.4, -0.2) is 54.1 Å². The quantitative estimate of drug-likeness (QED) is 0.744. The summed E-state index contributed by atoms with van der Waals surface area (Å²) in [5, 5.41) is 0. The molecule has 0 bridgehead atoms. The number of benzene rings is 1. The van der Waals surface area contributed by atoms with E-state index in [0.717, 1.165) is 18.4 Å². The van der Waals surface area contributed by atoms with Crippen molar-refractivity contribution in [2.24, 2.45) is 0 Å². The minimum Gasteiger partial charge on any atom is -0.473 e. The number of ether oxygens (including phenoxy) is 2. The highest BCUT2D eigenvalue weighted by Gasteiger charge is 2.43. The van der Waals surface area contributed by atoms with Gasteiger partial charge in [0.2, 0.25) is 15.9 Å². The highest BCUT2D eigenvalue weighted by Crippen LogP contribution is 2.37. The van der Waals surface area contributed by atoms with Gasteiger partial charge in [0.25, 0.3) is 0 Å².